The lowest BCUT2D eigenvalue weighted by molar-refractivity contribution is -0.118. The monoisotopic (exact) mass is 318 g/mol. The van der Waals surface area contributed by atoms with Gasteiger partial charge in [-0.2, -0.15) is 5.10 Å². The van der Waals surface area contributed by atoms with Crippen molar-refractivity contribution in [1.29, 1.82) is 0 Å². The maximum atomic E-state index is 11.7. The maximum absolute atomic E-state index is 11.7. The van der Waals surface area contributed by atoms with Crippen LogP contribution in [0.2, 0.25) is 5.02 Å². The number of benzene rings is 2. The molecule has 0 fully saturated rings. The topological polar surface area (TPSA) is 41.5 Å². The van der Waals surface area contributed by atoms with Crippen LogP contribution in [0.25, 0.3) is 0 Å². The first-order valence-corrected chi connectivity index (χ1v) is 7.77. The number of aryl methyl sites for hydroxylation is 1. The molecule has 0 bridgehead atoms. The van der Waals surface area contributed by atoms with Crippen LogP contribution in [-0.4, -0.2) is 17.9 Å². The highest BCUT2D eigenvalue weighted by atomic mass is 35.5. The molecule has 2 aromatic rings. The van der Waals surface area contributed by atoms with Gasteiger partial charge in [-0.05, 0) is 25.1 Å². The van der Waals surface area contributed by atoms with Crippen molar-refractivity contribution in [1.82, 2.24) is 5.43 Å². The van der Waals surface area contributed by atoms with Crippen LogP contribution in [0.1, 0.15) is 11.1 Å². The number of halogens is 1. The first-order chi connectivity index (χ1) is 10.1. The molecule has 2 aromatic carbocycles. The fourth-order valence-electron chi connectivity index (χ4n) is 1.57. The van der Waals surface area contributed by atoms with E-state index in [1.54, 1.807) is 6.07 Å². The van der Waals surface area contributed by atoms with Gasteiger partial charge in [0.2, 0.25) is 5.91 Å². The summed E-state index contributed by atoms with van der Waals surface area (Å²) in [5.41, 5.74) is 4.46. The van der Waals surface area contributed by atoms with E-state index in [4.69, 9.17) is 11.6 Å². The van der Waals surface area contributed by atoms with Gasteiger partial charge < -0.3 is 0 Å². The second-order valence-corrected chi connectivity index (χ2v) is 5.87. The zero-order valence-corrected chi connectivity index (χ0v) is 13.1. The Morgan fingerprint density at radius 1 is 1.24 bits per heavy atom. The number of hydrogen-bond acceptors (Lipinski definition) is 3. The van der Waals surface area contributed by atoms with E-state index in [0.717, 1.165) is 10.5 Å². The summed E-state index contributed by atoms with van der Waals surface area (Å²) in [4.78, 5) is 12.7. The van der Waals surface area contributed by atoms with Crippen molar-refractivity contribution in [2.24, 2.45) is 5.10 Å². The Labute approximate surface area is 133 Å². The van der Waals surface area contributed by atoms with Crippen LogP contribution >= 0.6 is 23.4 Å². The average Bonchev–Trinajstić information content (AvgIpc) is 2.49. The van der Waals surface area contributed by atoms with Gasteiger partial charge in [-0.15, -0.1) is 11.8 Å². The van der Waals surface area contributed by atoms with Gasteiger partial charge in [0.1, 0.15) is 0 Å². The lowest BCUT2D eigenvalue weighted by Gasteiger charge is -2.01. The Bertz CT molecular complexity index is 641. The van der Waals surface area contributed by atoms with Gasteiger partial charge in [-0.25, -0.2) is 5.43 Å². The molecular weight excluding hydrogens is 304 g/mol. The summed E-state index contributed by atoms with van der Waals surface area (Å²) < 4.78 is 0. The van der Waals surface area contributed by atoms with Gasteiger partial charge >= 0.3 is 0 Å². The van der Waals surface area contributed by atoms with E-state index in [1.165, 1.54) is 23.5 Å². The van der Waals surface area contributed by atoms with Crippen LogP contribution < -0.4 is 5.43 Å². The number of hydrazone groups is 1. The summed E-state index contributed by atoms with van der Waals surface area (Å²) in [7, 11) is 0. The third-order valence-electron chi connectivity index (χ3n) is 2.69. The number of thioether (sulfide) groups is 1. The van der Waals surface area contributed by atoms with Crippen molar-refractivity contribution < 1.29 is 4.79 Å². The summed E-state index contributed by atoms with van der Waals surface area (Å²) in [6.07, 6.45) is 1.54. The van der Waals surface area contributed by atoms with E-state index in [-0.39, 0.29) is 5.91 Å². The SMILES string of the molecule is Cc1ccc(SCC(=O)N/N=C\c2ccccc2Cl)cc1. The molecule has 0 aliphatic rings. The van der Waals surface area contributed by atoms with Crippen molar-refractivity contribution in [2.45, 2.75) is 11.8 Å². The number of nitrogens with one attached hydrogen (secondary N) is 1. The lowest BCUT2D eigenvalue weighted by Crippen LogP contribution is -2.19. The number of hydrogen-bond donors (Lipinski definition) is 1. The molecule has 0 atom stereocenters. The molecule has 0 aromatic heterocycles. The van der Waals surface area contributed by atoms with Crippen molar-refractivity contribution in [2.75, 3.05) is 5.75 Å². The molecule has 0 aliphatic heterocycles. The van der Waals surface area contributed by atoms with Gasteiger partial charge in [0.15, 0.2) is 0 Å². The van der Waals surface area contributed by atoms with Gasteiger partial charge in [0.05, 0.1) is 12.0 Å². The van der Waals surface area contributed by atoms with Gasteiger partial charge in [0.25, 0.3) is 0 Å². The zero-order chi connectivity index (χ0) is 15.1. The third-order valence-corrected chi connectivity index (χ3v) is 4.05. The number of carbonyl (C=O) groups is 1. The standard InChI is InChI=1S/C16H15ClN2OS/c1-12-6-8-14(9-7-12)21-11-16(20)19-18-10-13-4-2-3-5-15(13)17/h2-10H,11H2,1H3,(H,19,20)/b18-10-. The van der Waals surface area contributed by atoms with Crippen LogP contribution in [-0.2, 0) is 4.79 Å². The van der Waals surface area contributed by atoms with E-state index in [9.17, 15) is 4.79 Å². The summed E-state index contributed by atoms with van der Waals surface area (Å²) in [5, 5.41) is 4.51. The molecule has 108 valence electrons. The van der Waals surface area contributed by atoms with Crippen molar-refractivity contribution in [3.05, 3.63) is 64.7 Å². The fraction of sp³-hybridized carbons (Fsp3) is 0.125. The molecule has 0 saturated carbocycles. The van der Waals surface area contributed by atoms with Gasteiger partial charge in [0, 0.05) is 15.5 Å². The Morgan fingerprint density at radius 3 is 2.67 bits per heavy atom. The van der Waals surface area contributed by atoms with E-state index in [1.807, 2.05) is 49.4 Å². The largest absolute Gasteiger partial charge is 0.272 e. The summed E-state index contributed by atoms with van der Waals surface area (Å²) in [6.45, 7) is 2.03. The Balaban J connectivity index is 1.80. The van der Waals surface area contributed by atoms with Crippen LogP contribution in [0.5, 0.6) is 0 Å². The number of nitrogens with zero attached hydrogens (tertiary/aromatic N) is 1. The van der Waals surface area contributed by atoms with Crippen LogP contribution in [0.3, 0.4) is 0 Å². The number of rotatable bonds is 5. The molecule has 5 heteroatoms. The maximum Gasteiger partial charge on any atom is 0.250 e. The third kappa shape index (κ3) is 5.25. The fourth-order valence-corrected chi connectivity index (χ4v) is 2.44. The Morgan fingerprint density at radius 2 is 1.95 bits per heavy atom. The van der Waals surface area contributed by atoms with Crippen LogP contribution in [0.15, 0.2) is 58.5 Å². The van der Waals surface area contributed by atoms with E-state index < -0.39 is 0 Å². The quantitative estimate of drug-likeness (QED) is 0.516. The first kappa shape index (κ1) is 15.6. The minimum atomic E-state index is -0.149. The molecule has 2 rings (SSSR count). The molecule has 0 aliphatic carbocycles. The summed E-state index contributed by atoms with van der Waals surface area (Å²) in [6, 6.07) is 15.4. The highest BCUT2D eigenvalue weighted by Crippen LogP contribution is 2.17. The van der Waals surface area contributed by atoms with Crippen LogP contribution in [0, 0.1) is 6.92 Å². The molecule has 0 unspecified atom stereocenters. The highest BCUT2D eigenvalue weighted by molar-refractivity contribution is 8.00. The summed E-state index contributed by atoms with van der Waals surface area (Å²) >= 11 is 7.46. The minimum Gasteiger partial charge on any atom is -0.272 e. The molecule has 21 heavy (non-hydrogen) atoms. The smallest absolute Gasteiger partial charge is 0.250 e. The predicted octanol–water partition coefficient (Wildman–Crippen LogP) is 3.89. The highest BCUT2D eigenvalue weighted by Gasteiger charge is 2.01. The van der Waals surface area contributed by atoms with Gasteiger partial charge in [-0.1, -0.05) is 47.5 Å². The normalized spacial score (nSPS) is 10.8. The number of carbonyl (C=O) groups excluding carboxylic acids is 1. The Kier molecular flexibility index (Phi) is 5.84. The lowest BCUT2D eigenvalue weighted by atomic mass is 10.2. The molecule has 3 nitrogen and oxygen atoms in total. The molecule has 0 radical (unpaired) electrons. The molecular formula is C16H15ClN2OS. The molecule has 0 spiro atoms. The van der Waals surface area contributed by atoms with Crippen molar-refractivity contribution in [3.8, 4) is 0 Å². The molecule has 1 N–H and O–H groups in total. The molecule has 0 saturated heterocycles. The second-order valence-electron chi connectivity index (χ2n) is 4.42. The van der Waals surface area contributed by atoms with E-state index >= 15 is 0 Å². The molecule has 1 amide bonds. The average molecular weight is 319 g/mol. The van der Waals surface area contributed by atoms with Gasteiger partial charge in [-0.3, -0.25) is 4.79 Å². The summed E-state index contributed by atoms with van der Waals surface area (Å²) in [5.74, 6) is 0.173. The Hall–Kier alpha value is -1.78. The second kappa shape index (κ2) is 7.86. The van der Waals surface area contributed by atoms with Crippen LogP contribution in [0.4, 0.5) is 0 Å². The van der Waals surface area contributed by atoms with Crippen molar-refractivity contribution in [3.63, 3.8) is 0 Å². The predicted molar refractivity (Wildman–Crippen MR) is 89.1 cm³/mol. The van der Waals surface area contributed by atoms with Crippen molar-refractivity contribution >= 4 is 35.5 Å². The number of amides is 1. The first-order valence-electron chi connectivity index (χ1n) is 6.41. The van der Waals surface area contributed by atoms with E-state index in [2.05, 4.69) is 10.5 Å². The minimum absolute atomic E-state index is 0.149. The molecule has 0 heterocycles. The van der Waals surface area contributed by atoms with E-state index in [0.29, 0.717) is 10.8 Å². The zero-order valence-electron chi connectivity index (χ0n) is 11.5.